The molecule has 0 spiro atoms. The maximum absolute atomic E-state index is 13.3. The molecule has 1 saturated heterocycles. The van der Waals surface area contributed by atoms with Crippen molar-refractivity contribution in [3.63, 3.8) is 0 Å². The summed E-state index contributed by atoms with van der Waals surface area (Å²) >= 11 is 2.48. The van der Waals surface area contributed by atoms with E-state index in [-0.39, 0.29) is 17.5 Å². The van der Waals surface area contributed by atoms with E-state index in [0.29, 0.717) is 56.0 Å². The first-order valence-electron chi connectivity index (χ1n) is 11.2. The number of hydrogen-bond donors (Lipinski definition) is 2. The molecule has 1 aliphatic heterocycles. The number of nitrogen functional groups attached to an aromatic ring is 2. The first-order chi connectivity index (χ1) is 16.8. The second-order valence-electron chi connectivity index (χ2n) is 8.15. The molecule has 0 unspecified atom stereocenters. The Kier molecular flexibility index (Phi) is 7.84. The van der Waals surface area contributed by atoms with Gasteiger partial charge in [0.05, 0.1) is 0 Å². The minimum atomic E-state index is -3.92. The Balaban J connectivity index is 1.83. The maximum atomic E-state index is 13.3. The van der Waals surface area contributed by atoms with Crippen LogP contribution in [0.25, 0.3) is 11.1 Å². The van der Waals surface area contributed by atoms with Crippen LogP contribution in [-0.2, 0) is 21.3 Å². The van der Waals surface area contributed by atoms with Crippen LogP contribution in [0.4, 0.5) is 11.8 Å². The summed E-state index contributed by atoms with van der Waals surface area (Å²) in [5.74, 6) is 1.05. The van der Waals surface area contributed by atoms with Crippen LogP contribution in [0.5, 0.6) is 11.5 Å². The summed E-state index contributed by atoms with van der Waals surface area (Å²) in [6, 6.07) is 11.3. The Morgan fingerprint density at radius 2 is 1.89 bits per heavy atom. The fraction of sp³-hybridized carbons (Fsp3) is 0.333. The summed E-state index contributed by atoms with van der Waals surface area (Å²) in [7, 11) is -3.92. The summed E-state index contributed by atoms with van der Waals surface area (Å²) in [4.78, 5) is 8.05. The van der Waals surface area contributed by atoms with Crippen molar-refractivity contribution in [2.75, 3.05) is 31.3 Å². The molecule has 1 aliphatic rings. The first-order valence-corrected chi connectivity index (χ1v) is 13.6. The van der Waals surface area contributed by atoms with Gasteiger partial charge in [-0.2, -0.15) is 0 Å². The predicted octanol–water partition coefficient (Wildman–Crippen LogP) is 1.98. The van der Waals surface area contributed by atoms with Gasteiger partial charge in [-0.3, -0.25) is 0 Å². The van der Waals surface area contributed by atoms with E-state index in [1.165, 1.54) is 0 Å². The van der Waals surface area contributed by atoms with E-state index in [1.807, 2.05) is 37.3 Å². The number of rotatable bonds is 8. The van der Waals surface area contributed by atoms with Crippen molar-refractivity contribution in [1.82, 2.24) is 9.97 Å². The Labute approximate surface area is 213 Å². The van der Waals surface area contributed by atoms with Gasteiger partial charge in [-0.1, -0.05) is 0 Å². The molecule has 1 aromatic heterocycles. The van der Waals surface area contributed by atoms with Crippen LogP contribution in [0, 0.1) is 0 Å². The molecule has 11 heteroatoms. The number of nitrogens with zero attached hydrogens (tertiary/aromatic N) is 2. The SMILES string of the molecule is CCOc1cc(Cc2cnc(N)nc2N)cc(OS(=O)(=O)C2CCOCC2)c1-c1cccc([As])c1. The summed E-state index contributed by atoms with van der Waals surface area (Å²) in [6.45, 7) is 3.03. The van der Waals surface area contributed by atoms with Gasteiger partial charge >= 0.3 is 208 Å². The molecular formula is C24H27AsN4O5S. The van der Waals surface area contributed by atoms with Crippen molar-refractivity contribution in [3.05, 3.63) is 53.7 Å². The molecule has 184 valence electrons. The van der Waals surface area contributed by atoms with Crippen LogP contribution in [0.3, 0.4) is 0 Å². The Morgan fingerprint density at radius 1 is 1.14 bits per heavy atom. The van der Waals surface area contributed by atoms with E-state index in [1.54, 1.807) is 12.3 Å². The third-order valence-corrected chi connectivity index (χ3v) is 7.94. The standard InChI is InChI=1S/C24H27AsN4O5S/c1-2-33-20-11-15(10-17-14-28-24(27)29-23(17)26)12-21(22(20)16-4-3-5-18(25)13-16)34-35(30,31)19-6-8-32-9-7-19/h3-5,11-14,19H,2,6-10H2,1H3,(H4,26,27,28,29). The fourth-order valence-corrected chi connectivity index (χ4v) is 5.74. The van der Waals surface area contributed by atoms with E-state index in [9.17, 15) is 8.42 Å². The zero-order valence-corrected chi connectivity index (χ0v) is 22.0. The Bertz CT molecular complexity index is 1310. The second kappa shape index (κ2) is 10.8. The van der Waals surface area contributed by atoms with Crippen LogP contribution in [0.1, 0.15) is 30.9 Å². The van der Waals surface area contributed by atoms with Gasteiger partial charge in [-0.25, -0.2) is 0 Å². The van der Waals surface area contributed by atoms with Crippen LogP contribution in [-0.4, -0.2) is 60.3 Å². The average molecular weight is 558 g/mol. The third-order valence-electron chi connectivity index (χ3n) is 5.65. The van der Waals surface area contributed by atoms with Crippen molar-refractivity contribution >= 4 is 43.1 Å². The zero-order chi connectivity index (χ0) is 25.0. The van der Waals surface area contributed by atoms with Crippen molar-refractivity contribution in [1.29, 1.82) is 0 Å². The topological polar surface area (TPSA) is 140 Å². The molecule has 0 amide bonds. The van der Waals surface area contributed by atoms with Crippen molar-refractivity contribution in [2.45, 2.75) is 31.4 Å². The zero-order valence-electron chi connectivity index (χ0n) is 19.3. The molecule has 4 N–H and O–H groups in total. The molecule has 9 nitrogen and oxygen atoms in total. The second-order valence-corrected chi connectivity index (χ2v) is 11.1. The monoisotopic (exact) mass is 558 g/mol. The predicted molar refractivity (Wildman–Crippen MR) is 135 cm³/mol. The fourth-order valence-electron chi connectivity index (χ4n) is 3.98. The van der Waals surface area contributed by atoms with Gasteiger partial charge < -0.3 is 5.73 Å². The minimum absolute atomic E-state index is 0.0843. The molecule has 3 aromatic rings. The number of hydrogen-bond acceptors (Lipinski definition) is 9. The summed E-state index contributed by atoms with van der Waals surface area (Å²) in [5, 5.41) is -0.640. The van der Waals surface area contributed by atoms with E-state index in [4.69, 9.17) is 25.1 Å². The molecule has 2 radical (unpaired) electrons. The van der Waals surface area contributed by atoms with Gasteiger partial charge in [0.2, 0.25) is 0 Å². The van der Waals surface area contributed by atoms with Gasteiger partial charge in [-0.05, 0) is 0 Å². The Morgan fingerprint density at radius 3 is 2.57 bits per heavy atom. The first kappa shape index (κ1) is 25.3. The van der Waals surface area contributed by atoms with E-state index >= 15 is 0 Å². The van der Waals surface area contributed by atoms with Crippen molar-refractivity contribution < 1.29 is 22.1 Å². The Hall–Kier alpha value is -2.81. The number of ether oxygens (including phenoxy) is 2. The molecule has 2 heterocycles. The molecule has 0 atom stereocenters. The van der Waals surface area contributed by atoms with Gasteiger partial charge in [0, 0.05) is 0 Å². The third kappa shape index (κ3) is 6.07. The molecule has 0 aliphatic carbocycles. The van der Waals surface area contributed by atoms with Crippen LogP contribution >= 0.6 is 0 Å². The van der Waals surface area contributed by atoms with Gasteiger partial charge in [0.25, 0.3) is 0 Å². The molecule has 2 aromatic carbocycles. The average Bonchev–Trinajstić information content (AvgIpc) is 2.81. The number of aromatic nitrogens is 2. The van der Waals surface area contributed by atoms with Crippen molar-refractivity contribution in [2.24, 2.45) is 0 Å². The van der Waals surface area contributed by atoms with Gasteiger partial charge in [0.15, 0.2) is 0 Å². The van der Waals surface area contributed by atoms with Gasteiger partial charge in [0.1, 0.15) is 0 Å². The quantitative estimate of drug-likeness (QED) is 0.314. The molecule has 1 fully saturated rings. The molecule has 0 bridgehead atoms. The number of nitrogens with two attached hydrogens (primary N) is 2. The molecule has 35 heavy (non-hydrogen) atoms. The summed E-state index contributed by atoms with van der Waals surface area (Å²) in [6.07, 6.45) is 2.67. The van der Waals surface area contributed by atoms with Crippen LogP contribution < -0.4 is 24.7 Å². The van der Waals surface area contributed by atoms with E-state index in [2.05, 4.69) is 26.8 Å². The molecule has 4 rings (SSSR count). The number of benzene rings is 2. The summed E-state index contributed by atoms with van der Waals surface area (Å²) in [5.41, 5.74) is 14.4. The van der Waals surface area contributed by atoms with Crippen LogP contribution in [0.2, 0.25) is 0 Å². The van der Waals surface area contributed by atoms with E-state index in [0.717, 1.165) is 15.5 Å². The molecular weight excluding hydrogens is 531 g/mol. The number of anilines is 2. The normalized spacial score (nSPS) is 14.6. The van der Waals surface area contributed by atoms with E-state index < -0.39 is 15.4 Å². The van der Waals surface area contributed by atoms with Crippen LogP contribution in [0.15, 0.2) is 42.6 Å². The van der Waals surface area contributed by atoms with Gasteiger partial charge in [-0.15, -0.1) is 0 Å². The van der Waals surface area contributed by atoms with Crippen molar-refractivity contribution in [3.8, 4) is 22.6 Å². The summed E-state index contributed by atoms with van der Waals surface area (Å²) < 4.78 is 44.6. The molecule has 0 saturated carbocycles.